The van der Waals surface area contributed by atoms with E-state index in [0.29, 0.717) is 16.6 Å². The van der Waals surface area contributed by atoms with Crippen molar-refractivity contribution in [3.8, 4) is 5.75 Å². The van der Waals surface area contributed by atoms with Gasteiger partial charge in [-0.2, -0.15) is 5.10 Å². The molecule has 0 spiro atoms. The lowest BCUT2D eigenvalue weighted by molar-refractivity contribution is -0.106. The van der Waals surface area contributed by atoms with Gasteiger partial charge in [-0.3, -0.25) is 5.10 Å². The molecule has 2 aromatic rings. The van der Waals surface area contributed by atoms with Crippen LogP contribution in [0.15, 0.2) is 24.5 Å². The first-order chi connectivity index (χ1) is 10.6. The molecule has 0 aliphatic rings. The lowest BCUT2D eigenvalue weighted by atomic mass is 9.69. The van der Waals surface area contributed by atoms with Crippen molar-refractivity contribution in [3.05, 3.63) is 40.9 Å². The molecule has 0 fully saturated rings. The van der Waals surface area contributed by atoms with E-state index in [1.165, 1.54) is 6.33 Å². The molecule has 0 aliphatic heterocycles. The number of aryl methyl sites for hydroxylation is 1. The van der Waals surface area contributed by atoms with Crippen molar-refractivity contribution in [1.29, 1.82) is 0 Å². The van der Waals surface area contributed by atoms with Gasteiger partial charge in [-0.15, -0.1) is 0 Å². The summed E-state index contributed by atoms with van der Waals surface area (Å²) in [4.78, 5) is 4.18. The number of hydrogen-bond donors (Lipinski definition) is 2. The average Bonchev–Trinajstić information content (AvgIpc) is 2.98. The van der Waals surface area contributed by atoms with E-state index >= 15 is 0 Å². The quantitative estimate of drug-likeness (QED) is 0.872. The topological polar surface area (TPSA) is 71.0 Å². The zero-order valence-corrected chi connectivity index (χ0v) is 15.0. The lowest BCUT2D eigenvalue weighted by Crippen LogP contribution is -2.52. The van der Waals surface area contributed by atoms with Crippen LogP contribution in [-0.4, -0.2) is 32.5 Å². The predicted molar refractivity (Wildman–Crippen MR) is 90.9 cm³/mol. The van der Waals surface area contributed by atoms with Gasteiger partial charge < -0.3 is 9.84 Å². The van der Waals surface area contributed by atoms with Gasteiger partial charge in [0.15, 0.2) is 5.82 Å². The van der Waals surface area contributed by atoms with Crippen LogP contribution >= 0.6 is 11.6 Å². The van der Waals surface area contributed by atoms with Crippen LogP contribution < -0.4 is 4.74 Å². The number of hydrogen-bond acceptors (Lipinski definition) is 4. The zero-order valence-electron chi connectivity index (χ0n) is 14.2. The minimum absolute atomic E-state index is 0.134. The number of H-pyrrole nitrogens is 1. The van der Waals surface area contributed by atoms with Crippen molar-refractivity contribution in [1.82, 2.24) is 15.2 Å². The fourth-order valence-corrected chi connectivity index (χ4v) is 2.82. The highest BCUT2D eigenvalue weighted by atomic mass is 35.5. The van der Waals surface area contributed by atoms with Crippen LogP contribution in [-0.2, 0) is 0 Å². The Morgan fingerprint density at radius 3 is 2.57 bits per heavy atom. The molecule has 5 nitrogen and oxygen atoms in total. The van der Waals surface area contributed by atoms with Crippen LogP contribution in [0, 0.1) is 12.3 Å². The van der Waals surface area contributed by atoms with Crippen LogP contribution in [0.25, 0.3) is 0 Å². The molecule has 2 atom stereocenters. The van der Waals surface area contributed by atoms with E-state index in [-0.39, 0.29) is 12.5 Å². The number of aromatic nitrogens is 3. The van der Waals surface area contributed by atoms with E-state index in [1.807, 2.05) is 46.8 Å². The van der Waals surface area contributed by atoms with Crippen LogP contribution in [0.3, 0.4) is 0 Å². The number of rotatable bonds is 5. The Hall–Kier alpha value is -1.59. The highest BCUT2D eigenvalue weighted by molar-refractivity contribution is 6.30. The van der Waals surface area contributed by atoms with Crippen molar-refractivity contribution < 1.29 is 9.84 Å². The summed E-state index contributed by atoms with van der Waals surface area (Å²) in [5, 5.41) is 18.8. The van der Waals surface area contributed by atoms with Crippen molar-refractivity contribution in [3.63, 3.8) is 0 Å². The Morgan fingerprint density at radius 1 is 1.35 bits per heavy atom. The van der Waals surface area contributed by atoms with Crippen LogP contribution in [0.5, 0.6) is 5.75 Å². The Morgan fingerprint density at radius 2 is 2.04 bits per heavy atom. The summed E-state index contributed by atoms with van der Waals surface area (Å²) in [5.74, 6) is 0.986. The maximum Gasteiger partial charge on any atom is 0.156 e. The van der Waals surface area contributed by atoms with E-state index in [9.17, 15) is 5.11 Å². The van der Waals surface area contributed by atoms with Crippen molar-refractivity contribution in [2.45, 2.75) is 46.1 Å². The summed E-state index contributed by atoms with van der Waals surface area (Å²) in [6, 6.07) is 5.43. The Kier molecular flexibility index (Phi) is 5.01. The molecule has 6 heteroatoms. The van der Waals surface area contributed by atoms with Gasteiger partial charge >= 0.3 is 0 Å². The lowest BCUT2D eigenvalue weighted by Gasteiger charge is -2.43. The number of ether oxygens (including phenoxy) is 1. The molecule has 126 valence electrons. The summed E-state index contributed by atoms with van der Waals surface area (Å²) < 4.78 is 5.93. The summed E-state index contributed by atoms with van der Waals surface area (Å²) >= 11 is 5.97. The predicted octanol–water partition coefficient (Wildman–Crippen LogP) is 3.73. The van der Waals surface area contributed by atoms with Crippen molar-refractivity contribution in [2.75, 3.05) is 6.61 Å². The summed E-state index contributed by atoms with van der Waals surface area (Å²) in [6.07, 6.45) is 1.51. The molecular weight excluding hydrogens is 314 g/mol. The molecule has 0 radical (unpaired) electrons. The van der Waals surface area contributed by atoms with Gasteiger partial charge in [-0.1, -0.05) is 39.3 Å². The van der Waals surface area contributed by atoms with Gasteiger partial charge in [0.05, 0.1) is 5.92 Å². The average molecular weight is 338 g/mol. The number of nitrogens with one attached hydrogen (secondary N) is 1. The molecule has 0 saturated heterocycles. The monoisotopic (exact) mass is 337 g/mol. The number of benzene rings is 1. The van der Waals surface area contributed by atoms with Gasteiger partial charge in [0.1, 0.15) is 24.3 Å². The number of nitrogens with zero attached hydrogens (tertiary/aromatic N) is 2. The minimum atomic E-state index is -1.14. The summed E-state index contributed by atoms with van der Waals surface area (Å²) in [7, 11) is 0. The zero-order chi connectivity index (χ0) is 17.3. The van der Waals surface area contributed by atoms with Crippen LogP contribution in [0.4, 0.5) is 0 Å². The van der Waals surface area contributed by atoms with E-state index in [2.05, 4.69) is 15.2 Å². The normalized spacial score (nSPS) is 16.0. The SMILES string of the molecule is Cc1cc(Cl)ccc1OCC(O)(C(C)c1nc[nH]n1)C(C)(C)C. The molecule has 0 bridgehead atoms. The van der Waals surface area contributed by atoms with Gasteiger partial charge in [-0.05, 0) is 36.1 Å². The van der Waals surface area contributed by atoms with Crippen LogP contribution in [0.2, 0.25) is 5.02 Å². The smallest absolute Gasteiger partial charge is 0.156 e. The molecule has 2 N–H and O–H groups in total. The molecule has 0 saturated carbocycles. The number of aromatic amines is 1. The molecule has 0 amide bonds. The first kappa shape index (κ1) is 17.8. The second-order valence-corrected chi connectivity index (χ2v) is 7.39. The number of aliphatic hydroxyl groups is 1. The third kappa shape index (κ3) is 3.67. The molecule has 0 aliphatic carbocycles. The molecule has 1 heterocycles. The first-order valence-corrected chi connectivity index (χ1v) is 8.00. The molecule has 23 heavy (non-hydrogen) atoms. The maximum absolute atomic E-state index is 11.3. The molecule has 2 unspecified atom stereocenters. The molecule has 2 rings (SSSR count). The largest absolute Gasteiger partial charge is 0.490 e. The van der Waals surface area contributed by atoms with E-state index in [0.717, 1.165) is 5.56 Å². The molecular formula is C17H24ClN3O2. The van der Waals surface area contributed by atoms with Gasteiger partial charge in [0, 0.05) is 5.02 Å². The summed E-state index contributed by atoms with van der Waals surface area (Å²) in [5.41, 5.74) is -0.631. The third-order valence-corrected chi connectivity index (χ3v) is 4.66. The summed E-state index contributed by atoms with van der Waals surface area (Å²) in [6.45, 7) is 9.91. The third-order valence-electron chi connectivity index (χ3n) is 4.42. The van der Waals surface area contributed by atoms with Gasteiger partial charge in [0.2, 0.25) is 0 Å². The molecule has 1 aromatic heterocycles. The fourth-order valence-electron chi connectivity index (χ4n) is 2.59. The Balaban J connectivity index is 2.25. The number of halogens is 1. The van der Waals surface area contributed by atoms with E-state index in [4.69, 9.17) is 16.3 Å². The second-order valence-electron chi connectivity index (χ2n) is 6.95. The van der Waals surface area contributed by atoms with Crippen molar-refractivity contribution >= 4 is 11.6 Å². The maximum atomic E-state index is 11.3. The Labute approximate surface area is 142 Å². The van der Waals surface area contributed by atoms with Gasteiger partial charge in [-0.25, -0.2) is 4.98 Å². The standard InChI is InChI=1S/C17H24ClN3O2/c1-11-8-13(18)6-7-14(11)23-9-17(22,16(3,4)5)12(2)15-19-10-20-21-15/h6-8,10,12,22H,9H2,1-5H3,(H,19,20,21). The van der Waals surface area contributed by atoms with Gasteiger partial charge in [0.25, 0.3) is 0 Å². The Bertz CT molecular complexity index is 652. The first-order valence-electron chi connectivity index (χ1n) is 7.62. The minimum Gasteiger partial charge on any atom is -0.490 e. The highest BCUT2D eigenvalue weighted by Gasteiger charge is 2.47. The van der Waals surface area contributed by atoms with Crippen molar-refractivity contribution in [2.24, 2.45) is 5.41 Å². The van der Waals surface area contributed by atoms with E-state index in [1.54, 1.807) is 6.07 Å². The molecule has 1 aromatic carbocycles. The fraction of sp³-hybridized carbons (Fsp3) is 0.529. The highest BCUT2D eigenvalue weighted by Crippen LogP contribution is 2.41. The van der Waals surface area contributed by atoms with Crippen LogP contribution in [0.1, 0.15) is 45.0 Å². The van der Waals surface area contributed by atoms with E-state index < -0.39 is 11.0 Å². The second kappa shape index (κ2) is 6.49.